The summed E-state index contributed by atoms with van der Waals surface area (Å²) in [7, 11) is 0. The molecule has 1 amide bonds. The molecular formula is C17H19N5O2. The second-order valence-electron chi connectivity index (χ2n) is 5.96. The molecule has 0 aliphatic carbocycles. The highest BCUT2D eigenvalue weighted by molar-refractivity contribution is 5.93. The summed E-state index contributed by atoms with van der Waals surface area (Å²) < 4.78 is 5.38. The van der Waals surface area contributed by atoms with Gasteiger partial charge in [0, 0.05) is 38.2 Å². The number of morpholine rings is 1. The maximum Gasteiger partial charge on any atom is 0.255 e. The molecule has 1 fully saturated rings. The molecule has 4 rings (SSSR count). The van der Waals surface area contributed by atoms with E-state index in [1.54, 1.807) is 24.5 Å². The van der Waals surface area contributed by atoms with Crippen molar-refractivity contribution in [2.75, 3.05) is 37.7 Å². The molecule has 1 saturated heterocycles. The van der Waals surface area contributed by atoms with Crippen LogP contribution in [0.25, 0.3) is 0 Å². The van der Waals surface area contributed by atoms with Crippen LogP contribution < -0.4 is 4.90 Å². The number of carbonyl (C=O) groups is 1. The minimum absolute atomic E-state index is 0.000264. The Morgan fingerprint density at radius 3 is 2.83 bits per heavy atom. The van der Waals surface area contributed by atoms with E-state index in [-0.39, 0.29) is 5.91 Å². The normalized spacial score (nSPS) is 17.5. The summed E-state index contributed by atoms with van der Waals surface area (Å²) in [6.45, 7) is 4.20. The van der Waals surface area contributed by atoms with Crippen LogP contribution in [0.5, 0.6) is 0 Å². The number of ether oxygens (including phenoxy) is 1. The number of pyridine rings is 1. The summed E-state index contributed by atoms with van der Waals surface area (Å²) in [4.78, 5) is 29.8. The second-order valence-corrected chi connectivity index (χ2v) is 5.96. The van der Waals surface area contributed by atoms with Crippen LogP contribution in [0.3, 0.4) is 0 Å². The largest absolute Gasteiger partial charge is 0.378 e. The molecule has 7 heteroatoms. The van der Waals surface area contributed by atoms with E-state index in [1.807, 2.05) is 11.1 Å². The Balaban J connectivity index is 1.54. The Labute approximate surface area is 140 Å². The van der Waals surface area contributed by atoms with Crippen molar-refractivity contribution >= 4 is 11.9 Å². The Kier molecular flexibility index (Phi) is 4.08. The van der Waals surface area contributed by atoms with Gasteiger partial charge in [0.05, 0.1) is 31.0 Å². The SMILES string of the molecule is O=C(c1cccnc1)N1CCc2cnc(N3CCOCC3)nc2C1. The summed E-state index contributed by atoms with van der Waals surface area (Å²) in [5.74, 6) is 0.730. The molecule has 2 aromatic rings. The zero-order valence-electron chi connectivity index (χ0n) is 13.4. The first-order valence-electron chi connectivity index (χ1n) is 8.18. The number of anilines is 1. The van der Waals surface area contributed by atoms with Crippen LogP contribution in [0.15, 0.2) is 30.7 Å². The quantitative estimate of drug-likeness (QED) is 0.817. The molecule has 7 nitrogen and oxygen atoms in total. The molecule has 2 aliphatic rings. The number of hydrogen-bond donors (Lipinski definition) is 0. The smallest absolute Gasteiger partial charge is 0.255 e. The average Bonchev–Trinajstić information content (AvgIpc) is 2.68. The maximum absolute atomic E-state index is 12.6. The van der Waals surface area contributed by atoms with Crippen molar-refractivity contribution in [2.45, 2.75) is 13.0 Å². The molecule has 0 unspecified atom stereocenters. The lowest BCUT2D eigenvalue weighted by Gasteiger charge is -2.30. The monoisotopic (exact) mass is 325 g/mol. The molecule has 0 saturated carbocycles. The average molecular weight is 325 g/mol. The molecule has 24 heavy (non-hydrogen) atoms. The van der Waals surface area contributed by atoms with Gasteiger partial charge in [0.1, 0.15) is 0 Å². The highest BCUT2D eigenvalue weighted by Gasteiger charge is 2.24. The molecule has 124 valence electrons. The number of amides is 1. The molecule has 0 radical (unpaired) electrons. The predicted octanol–water partition coefficient (Wildman–Crippen LogP) is 0.907. The zero-order chi connectivity index (χ0) is 16.4. The van der Waals surface area contributed by atoms with Gasteiger partial charge in [-0.2, -0.15) is 0 Å². The number of nitrogens with zero attached hydrogens (tertiary/aromatic N) is 5. The van der Waals surface area contributed by atoms with E-state index in [0.717, 1.165) is 36.7 Å². The Bertz CT molecular complexity index is 731. The van der Waals surface area contributed by atoms with Crippen LogP contribution in [-0.4, -0.2) is 58.6 Å². The third-order valence-electron chi connectivity index (χ3n) is 4.42. The fraction of sp³-hybridized carbons (Fsp3) is 0.412. The van der Waals surface area contributed by atoms with Gasteiger partial charge in [-0.25, -0.2) is 9.97 Å². The number of fused-ring (bicyclic) bond motifs is 1. The summed E-state index contributed by atoms with van der Waals surface area (Å²) in [6, 6.07) is 3.58. The molecular weight excluding hydrogens is 306 g/mol. The summed E-state index contributed by atoms with van der Waals surface area (Å²) in [5, 5.41) is 0. The van der Waals surface area contributed by atoms with Crippen molar-refractivity contribution < 1.29 is 9.53 Å². The first-order chi connectivity index (χ1) is 11.8. The molecule has 0 spiro atoms. The summed E-state index contributed by atoms with van der Waals surface area (Å²) in [6.07, 6.45) is 5.96. The number of hydrogen-bond acceptors (Lipinski definition) is 6. The second kappa shape index (κ2) is 6.52. The van der Waals surface area contributed by atoms with Crippen molar-refractivity contribution in [2.24, 2.45) is 0 Å². The van der Waals surface area contributed by atoms with E-state index in [1.165, 1.54) is 0 Å². The predicted molar refractivity (Wildman–Crippen MR) is 87.7 cm³/mol. The van der Waals surface area contributed by atoms with Gasteiger partial charge in [0.15, 0.2) is 0 Å². The van der Waals surface area contributed by atoms with E-state index < -0.39 is 0 Å². The first kappa shape index (κ1) is 15.0. The van der Waals surface area contributed by atoms with E-state index in [9.17, 15) is 4.79 Å². The summed E-state index contributed by atoms with van der Waals surface area (Å²) in [5.41, 5.74) is 2.68. The van der Waals surface area contributed by atoms with Gasteiger partial charge >= 0.3 is 0 Å². The number of carbonyl (C=O) groups excluding carboxylic acids is 1. The fourth-order valence-corrected chi connectivity index (χ4v) is 3.05. The van der Waals surface area contributed by atoms with Gasteiger partial charge in [0.25, 0.3) is 5.91 Å². The van der Waals surface area contributed by atoms with Gasteiger partial charge in [-0.3, -0.25) is 9.78 Å². The van der Waals surface area contributed by atoms with Crippen molar-refractivity contribution in [1.29, 1.82) is 0 Å². The van der Waals surface area contributed by atoms with Crippen molar-refractivity contribution in [3.63, 3.8) is 0 Å². The third kappa shape index (κ3) is 2.94. The highest BCUT2D eigenvalue weighted by Crippen LogP contribution is 2.21. The third-order valence-corrected chi connectivity index (χ3v) is 4.42. The molecule has 4 heterocycles. The minimum Gasteiger partial charge on any atom is -0.378 e. The van der Waals surface area contributed by atoms with Crippen LogP contribution in [0, 0.1) is 0 Å². The number of rotatable bonds is 2. The van der Waals surface area contributed by atoms with Gasteiger partial charge in [-0.1, -0.05) is 0 Å². The van der Waals surface area contributed by atoms with Crippen LogP contribution in [-0.2, 0) is 17.7 Å². The zero-order valence-corrected chi connectivity index (χ0v) is 13.4. The molecule has 0 N–H and O–H groups in total. The van der Waals surface area contributed by atoms with Gasteiger partial charge in [0.2, 0.25) is 5.95 Å². The molecule has 0 aromatic carbocycles. The Morgan fingerprint density at radius 2 is 2.04 bits per heavy atom. The van der Waals surface area contributed by atoms with Gasteiger partial charge in [-0.05, 0) is 24.1 Å². The minimum atomic E-state index is 0.000264. The molecule has 0 bridgehead atoms. The van der Waals surface area contributed by atoms with E-state index in [2.05, 4.69) is 14.9 Å². The lowest BCUT2D eigenvalue weighted by atomic mass is 10.1. The standard InChI is InChI=1S/C17H19N5O2/c23-16(14-2-1-4-18-10-14)22-5-3-13-11-19-17(20-15(13)12-22)21-6-8-24-9-7-21/h1-2,4,10-11H,3,5-9,12H2. The summed E-state index contributed by atoms with van der Waals surface area (Å²) >= 11 is 0. The van der Waals surface area contributed by atoms with Gasteiger partial charge < -0.3 is 14.5 Å². The molecule has 2 aromatic heterocycles. The highest BCUT2D eigenvalue weighted by atomic mass is 16.5. The van der Waals surface area contributed by atoms with Crippen LogP contribution in [0.2, 0.25) is 0 Å². The Hall–Kier alpha value is -2.54. The molecule has 0 atom stereocenters. The van der Waals surface area contributed by atoms with Crippen LogP contribution >= 0.6 is 0 Å². The number of aromatic nitrogens is 3. The van der Waals surface area contributed by atoms with E-state index in [4.69, 9.17) is 9.72 Å². The van der Waals surface area contributed by atoms with Crippen molar-refractivity contribution in [3.8, 4) is 0 Å². The lowest BCUT2D eigenvalue weighted by Crippen LogP contribution is -2.39. The van der Waals surface area contributed by atoms with E-state index >= 15 is 0 Å². The van der Waals surface area contributed by atoms with Crippen molar-refractivity contribution in [1.82, 2.24) is 19.9 Å². The topological polar surface area (TPSA) is 71.5 Å². The lowest BCUT2D eigenvalue weighted by molar-refractivity contribution is 0.0731. The van der Waals surface area contributed by atoms with Crippen molar-refractivity contribution in [3.05, 3.63) is 47.5 Å². The Morgan fingerprint density at radius 1 is 1.17 bits per heavy atom. The van der Waals surface area contributed by atoms with Gasteiger partial charge in [-0.15, -0.1) is 0 Å². The van der Waals surface area contributed by atoms with Crippen LogP contribution in [0.4, 0.5) is 5.95 Å². The molecule has 2 aliphatic heterocycles. The first-order valence-corrected chi connectivity index (χ1v) is 8.18. The fourth-order valence-electron chi connectivity index (χ4n) is 3.05. The van der Waals surface area contributed by atoms with Crippen LogP contribution in [0.1, 0.15) is 21.6 Å². The van der Waals surface area contributed by atoms with E-state index in [0.29, 0.717) is 31.9 Å². The maximum atomic E-state index is 12.6.